The molecule has 0 amide bonds. The molecule has 0 bridgehead atoms. The highest BCUT2D eigenvalue weighted by Crippen LogP contribution is 2.37. The molecule has 1 N–H and O–H groups in total. The summed E-state index contributed by atoms with van der Waals surface area (Å²) in [5, 5.41) is 10.2. The molecule has 9 heteroatoms. The number of fused-ring (bicyclic) bond motifs is 1. The number of sulfone groups is 1. The summed E-state index contributed by atoms with van der Waals surface area (Å²) in [4.78, 5) is 23.9. The number of carbonyl (C=O) groups excluding carboxylic acids is 1. The maximum Gasteiger partial charge on any atom is 0.416 e. The molecule has 1 unspecified atom stereocenters. The number of esters is 1. The lowest BCUT2D eigenvalue weighted by Gasteiger charge is -2.13. The van der Waals surface area contributed by atoms with Crippen LogP contribution in [0, 0.1) is 0 Å². The lowest BCUT2D eigenvalue weighted by atomic mass is 9.91. The minimum atomic E-state index is -3.06. The molecule has 1 saturated heterocycles. The van der Waals surface area contributed by atoms with Gasteiger partial charge in [-0.15, -0.1) is 0 Å². The Labute approximate surface area is 159 Å². The molecule has 1 atom stereocenters. The van der Waals surface area contributed by atoms with Crippen LogP contribution in [0.1, 0.15) is 41.1 Å². The van der Waals surface area contributed by atoms with Gasteiger partial charge in [0.15, 0.2) is 0 Å². The summed E-state index contributed by atoms with van der Waals surface area (Å²) < 4.78 is 30.2. The summed E-state index contributed by atoms with van der Waals surface area (Å²) in [7, 11) is -1.83. The number of nitrogens with zero attached hydrogens (tertiary/aromatic N) is 1. The van der Waals surface area contributed by atoms with Gasteiger partial charge in [0, 0.05) is 16.1 Å². The molecule has 0 spiro atoms. The molecule has 1 aliphatic heterocycles. The maximum absolute atomic E-state index is 12.2. The van der Waals surface area contributed by atoms with Gasteiger partial charge in [0.05, 0.1) is 29.7 Å². The van der Waals surface area contributed by atoms with Crippen LogP contribution in [0.15, 0.2) is 22.8 Å². The van der Waals surface area contributed by atoms with Crippen LogP contribution in [-0.2, 0) is 14.6 Å². The predicted octanol–water partition coefficient (Wildman–Crippen LogP) is 3.40. The molecule has 140 valence electrons. The Morgan fingerprint density at radius 2 is 2.00 bits per heavy atom. The van der Waals surface area contributed by atoms with Crippen LogP contribution in [0.25, 0.3) is 10.9 Å². The topological polar surface area (TPSA) is 103 Å². The van der Waals surface area contributed by atoms with Gasteiger partial charge in [-0.3, -0.25) is 4.57 Å². The predicted molar refractivity (Wildman–Crippen MR) is 99.6 cm³/mol. The zero-order valence-electron chi connectivity index (χ0n) is 14.1. The molecule has 1 aromatic carbocycles. The standard InChI is InChI=1S/C17H18BrNO6S/c1-25-16(20)13-8-11(18)7-12-14(9-19(15(12)13)17(21)22)10-3-2-5-26(23,24)6-4-10/h7-10H,2-6H2,1H3,(H,21,22). The van der Waals surface area contributed by atoms with Gasteiger partial charge in [-0.05, 0) is 42.9 Å². The van der Waals surface area contributed by atoms with Crippen molar-refractivity contribution in [2.45, 2.75) is 25.2 Å². The zero-order valence-corrected chi connectivity index (χ0v) is 16.5. The number of benzene rings is 1. The van der Waals surface area contributed by atoms with Crippen molar-refractivity contribution in [2.75, 3.05) is 18.6 Å². The third-order valence-corrected chi connectivity index (χ3v) is 6.96. The highest BCUT2D eigenvalue weighted by atomic mass is 79.9. The number of halogens is 1. The summed E-state index contributed by atoms with van der Waals surface area (Å²) >= 11 is 3.36. The Hall–Kier alpha value is -1.87. The number of ether oxygens (including phenoxy) is 1. The molecule has 2 heterocycles. The monoisotopic (exact) mass is 443 g/mol. The van der Waals surface area contributed by atoms with Crippen LogP contribution in [0.5, 0.6) is 0 Å². The van der Waals surface area contributed by atoms with Crippen molar-refractivity contribution in [1.82, 2.24) is 4.57 Å². The lowest BCUT2D eigenvalue weighted by Crippen LogP contribution is -2.10. The largest absolute Gasteiger partial charge is 0.465 e. The van der Waals surface area contributed by atoms with Crippen LogP contribution in [0.2, 0.25) is 0 Å². The Kier molecular flexibility index (Phi) is 5.12. The molecule has 26 heavy (non-hydrogen) atoms. The van der Waals surface area contributed by atoms with Crippen LogP contribution >= 0.6 is 15.9 Å². The van der Waals surface area contributed by atoms with E-state index in [1.54, 1.807) is 6.07 Å². The first-order chi connectivity index (χ1) is 12.2. The fraction of sp³-hybridized carbons (Fsp3) is 0.412. The summed E-state index contributed by atoms with van der Waals surface area (Å²) in [5.41, 5.74) is 1.15. The third kappa shape index (κ3) is 3.50. The molecule has 1 fully saturated rings. The normalized spacial score (nSPS) is 19.8. The number of hydrogen-bond acceptors (Lipinski definition) is 5. The van der Waals surface area contributed by atoms with E-state index in [-0.39, 0.29) is 28.5 Å². The van der Waals surface area contributed by atoms with Gasteiger partial charge >= 0.3 is 12.1 Å². The zero-order chi connectivity index (χ0) is 19.1. The molecule has 0 radical (unpaired) electrons. The number of hydrogen-bond donors (Lipinski definition) is 1. The van der Waals surface area contributed by atoms with Crippen molar-refractivity contribution in [3.05, 3.63) is 33.9 Å². The molecule has 3 rings (SSSR count). The number of rotatable bonds is 2. The van der Waals surface area contributed by atoms with E-state index < -0.39 is 21.9 Å². The first-order valence-corrected chi connectivity index (χ1v) is 10.7. The van der Waals surface area contributed by atoms with Crippen molar-refractivity contribution in [1.29, 1.82) is 0 Å². The number of methoxy groups -OCH3 is 1. The van der Waals surface area contributed by atoms with E-state index >= 15 is 0 Å². The third-order valence-electron chi connectivity index (χ3n) is 4.73. The summed E-state index contributed by atoms with van der Waals surface area (Å²) in [6.45, 7) is 0. The second-order valence-corrected chi connectivity index (χ2v) is 9.58. The fourth-order valence-electron chi connectivity index (χ4n) is 3.52. The highest BCUT2D eigenvalue weighted by Gasteiger charge is 2.28. The molecule has 1 aromatic heterocycles. The van der Waals surface area contributed by atoms with Gasteiger partial charge in [-0.1, -0.05) is 15.9 Å². The summed E-state index contributed by atoms with van der Waals surface area (Å²) in [5.74, 6) is -0.491. The first-order valence-electron chi connectivity index (χ1n) is 8.10. The van der Waals surface area contributed by atoms with Crippen molar-refractivity contribution in [3.8, 4) is 0 Å². The lowest BCUT2D eigenvalue weighted by molar-refractivity contribution is 0.0602. The number of aromatic nitrogens is 1. The summed E-state index contributed by atoms with van der Waals surface area (Å²) in [6.07, 6.45) is 1.90. The van der Waals surface area contributed by atoms with E-state index in [4.69, 9.17) is 4.74 Å². The van der Waals surface area contributed by atoms with E-state index in [0.717, 1.165) is 10.1 Å². The van der Waals surface area contributed by atoms with Crippen LogP contribution < -0.4 is 0 Å². The van der Waals surface area contributed by atoms with Crippen molar-refractivity contribution in [2.24, 2.45) is 0 Å². The Morgan fingerprint density at radius 3 is 2.65 bits per heavy atom. The molecular formula is C17H18BrNO6S. The fourth-order valence-corrected chi connectivity index (χ4v) is 5.43. The molecule has 0 aliphatic carbocycles. The van der Waals surface area contributed by atoms with Crippen LogP contribution in [0.3, 0.4) is 0 Å². The van der Waals surface area contributed by atoms with Gasteiger partial charge in [-0.2, -0.15) is 0 Å². The Morgan fingerprint density at radius 1 is 1.27 bits per heavy atom. The smallest absolute Gasteiger partial charge is 0.416 e. The van der Waals surface area contributed by atoms with Gasteiger partial charge in [0.25, 0.3) is 0 Å². The number of carbonyl (C=O) groups is 2. The SMILES string of the molecule is COC(=O)c1cc(Br)cc2c(C3CCCS(=O)(=O)CC3)cn(C(=O)O)c12. The minimum absolute atomic E-state index is 0.0786. The van der Waals surface area contributed by atoms with E-state index in [0.29, 0.717) is 29.1 Å². The summed E-state index contributed by atoms with van der Waals surface area (Å²) in [6, 6.07) is 3.28. The van der Waals surface area contributed by atoms with E-state index in [1.807, 2.05) is 0 Å². The van der Waals surface area contributed by atoms with Gasteiger partial charge in [-0.25, -0.2) is 18.0 Å². The van der Waals surface area contributed by atoms with Crippen LogP contribution in [-0.4, -0.2) is 48.8 Å². The molecule has 2 aromatic rings. The average Bonchev–Trinajstić information content (AvgIpc) is 2.86. The second kappa shape index (κ2) is 7.03. The van der Waals surface area contributed by atoms with E-state index in [1.165, 1.54) is 19.4 Å². The Bertz CT molecular complexity index is 994. The molecule has 7 nitrogen and oxygen atoms in total. The molecular weight excluding hydrogens is 426 g/mol. The number of carboxylic acid groups (broad SMARTS) is 1. The van der Waals surface area contributed by atoms with Crippen molar-refractivity contribution >= 4 is 48.7 Å². The van der Waals surface area contributed by atoms with Gasteiger partial charge in [0.2, 0.25) is 0 Å². The van der Waals surface area contributed by atoms with Gasteiger partial charge in [0.1, 0.15) is 9.84 Å². The second-order valence-electron chi connectivity index (χ2n) is 6.36. The maximum atomic E-state index is 12.2. The first kappa shape index (κ1) is 18.9. The van der Waals surface area contributed by atoms with E-state index in [2.05, 4.69) is 15.9 Å². The van der Waals surface area contributed by atoms with Gasteiger partial charge < -0.3 is 9.84 Å². The quantitative estimate of drug-likeness (QED) is 0.713. The highest BCUT2D eigenvalue weighted by molar-refractivity contribution is 9.10. The average molecular weight is 444 g/mol. The molecule has 0 saturated carbocycles. The van der Waals surface area contributed by atoms with Crippen molar-refractivity contribution in [3.63, 3.8) is 0 Å². The van der Waals surface area contributed by atoms with E-state index in [9.17, 15) is 23.1 Å². The Balaban J connectivity index is 2.22. The minimum Gasteiger partial charge on any atom is -0.465 e. The van der Waals surface area contributed by atoms with Crippen molar-refractivity contribution < 1.29 is 27.9 Å². The van der Waals surface area contributed by atoms with Crippen LogP contribution in [0.4, 0.5) is 4.79 Å². The molecule has 1 aliphatic rings.